The smallest absolute Gasteiger partial charge is 0.264 e. The van der Waals surface area contributed by atoms with Crippen LogP contribution in [-0.2, 0) is 0 Å². The normalized spacial score (nSPS) is 32.0. The van der Waals surface area contributed by atoms with Crippen LogP contribution in [0.4, 0.5) is 0 Å². The third kappa shape index (κ3) is 2.67. The quantitative estimate of drug-likeness (QED) is 0.837. The zero-order valence-electron chi connectivity index (χ0n) is 12.3. The zero-order valence-corrected chi connectivity index (χ0v) is 13.1. The van der Waals surface area contributed by atoms with Crippen LogP contribution in [0.25, 0.3) is 0 Å². The summed E-state index contributed by atoms with van der Waals surface area (Å²) in [7, 11) is 0. The van der Waals surface area contributed by atoms with Gasteiger partial charge in [0.1, 0.15) is 0 Å². The molecular weight excluding hydrogens is 280 g/mol. The van der Waals surface area contributed by atoms with Gasteiger partial charge in [-0.25, -0.2) is 0 Å². The molecule has 1 aromatic heterocycles. The Balaban J connectivity index is 1.29. The second kappa shape index (κ2) is 5.58. The molecule has 1 N–H and O–H groups in total. The number of allylic oxidation sites excluding steroid dienone is 2. The average molecular weight is 303 g/mol. The largest absolute Gasteiger partial charge is 0.332 e. The molecule has 1 aromatic rings. The van der Waals surface area contributed by atoms with Gasteiger partial charge in [0, 0.05) is 5.92 Å². The summed E-state index contributed by atoms with van der Waals surface area (Å²) in [6.07, 6.45) is 7.69. The van der Waals surface area contributed by atoms with Crippen molar-refractivity contribution in [1.82, 2.24) is 4.90 Å². The Morgan fingerprint density at radius 2 is 2.14 bits per heavy atom. The molecule has 3 atom stereocenters. The Labute approximate surface area is 130 Å². The van der Waals surface area contributed by atoms with E-state index in [2.05, 4.69) is 12.2 Å². The molecule has 0 unspecified atom stereocenters. The van der Waals surface area contributed by atoms with Gasteiger partial charge in [-0.3, -0.25) is 4.79 Å². The van der Waals surface area contributed by atoms with Crippen LogP contribution in [0.5, 0.6) is 0 Å². The second-order valence-electron chi connectivity index (χ2n) is 6.76. The van der Waals surface area contributed by atoms with Gasteiger partial charge < -0.3 is 9.80 Å². The molecule has 1 saturated heterocycles. The van der Waals surface area contributed by atoms with E-state index in [1.807, 2.05) is 22.4 Å². The standard InChI is InChI=1S/C17H22N2OS/c20-17(16-2-1-9-21-16)19-7-5-18(6-8-19)12-15-11-13-3-4-14(15)10-13/h1-4,9,13-15H,5-8,10-12H2/p+1/t13-,14-,15+/m0/s1. The molecule has 2 heterocycles. The predicted octanol–water partition coefficient (Wildman–Crippen LogP) is 1.30. The highest BCUT2D eigenvalue weighted by Gasteiger charge is 2.38. The van der Waals surface area contributed by atoms with Crippen LogP contribution in [0.15, 0.2) is 29.7 Å². The number of rotatable bonds is 3. The van der Waals surface area contributed by atoms with Crippen LogP contribution >= 0.6 is 11.3 Å². The number of carbonyl (C=O) groups is 1. The van der Waals surface area contributed by atoms with Crippen molar-refractivity contribution in [3.63, 3.8) is 0 Å². The van der Waals surface area contributed by atoms with Gasteiger partial charge in [-0.1, -0.05) is 18.2 Å². The van der Waals surface area contributed by atoms with Crippen LogP contribution in [0, 0.1) is 17.8 Å². The van der Waals surface area contributed by atoms with Crippen molar-refractivity contribution < 1.29 is 9.69 Å². The third-order valence-electron chi connectivity index (χ3n) is 5.46. The number of hydrogen-bond donors (Lipinski definition) is 1. The molecule has 4 heteroatoms. The average Bonchev–Trinajstić information content (AvgIpc) is 3.25. The summed E-state index contributed by atoms with van der Waals surface area (Å²) in [6, 6.07) is 3.90. The second-order valence-corrected chi connectivity index (χ2v) is 7.71. The van der Waals surface area contributed by atoms with E-state index in [4.69, 9.17) is 0 Å². The number of quaternary nitrogens is 1. The van der Waals surface area contributed by atoms with E-state index in [9.17, 15) is 4.79 Å². The monoisotopic (exact) mass is 303 g/mol. The summed E-state index contributed by atoms with van der Waals surface area (Å²) in [4.78, 5) is 17.0. The highest BCUT2D eigenvalue weighted by Crippen LogP contribution is 2.42. The Kier molecular flexibility index (Phi) is 3.59. The van der Waals surface area contributed by atoms with E-state index in [1.165, 1.54) is 19.4 Å². The molecule has 0 spiro atoms. The van der Waals surface area contributed by atoms with Gasteiger partial charge in [0.15, 0.2) is 0 Å². The molecule has 2 aliphatic carbocycles. The minimum absolute atomic E-state index is 0.229. The topological polar surface area (TPSA) is 24.8 Å². The van der Waals surface area contributed by atoms with Crippen molar-refractivity contribution in [2.24, 2.45) is 17.8 Å². The number of carbonyl (C=O) groups excluding carboxylic acids is 1. The Bertz CT molecular complexity index is 531. The van der Waals surface area contributed by atoms with Crippen LogP contribution in [-0.4, -0.2) is 43.5 Å². The lowest BCUT2D eigenvalue weighted by atomic mass is 9.93. The summed E-state index contributed by atoms with van der Waals surface area (Å²) >= 11 is 1.55. The number of nitrogens with one attached hydrogen (secondary N) is 1. The number of fused-ring (bicyclic) bond motifs is 2. The van der Waals surface area contributed by atoms with Crippen molar-refractivity contribution >= 4 is 17.2 Å². The van der Waals surface area contributed by atoms with Crippen molar-refractivity contribution in [2.75, 3.05) is 32.7 Å². The van der Waals surface area contributed by atoms with Gasteiger partial charge in [0.05, 0.1) is 37.6 Å². The number of hydrogen-bond acceptors (Lipinski definition) is 2. The van der Waals surface area contributed by atoms with Gasteiger partial charge in [-0.2, -0.15) is 0 Å². The molecule has 112 valence electrons. The third-order valence-corrected chi connectivity index (χ3v) is 6.31. The minimum Gasteiger partial charge on any atom is -0.332 e. The maximum Gasteiger partial charge on any atom is 0.264 e. The van der Waals surface area contributed by atoms with Crippen LogP contribution < -0.4 is 4.90 Å². The number of piperazine rings is 1. The fourth-order valence-corrected chi connectivity index (χ4v) is 4.98. The van der Waals surface area contributed by atoms with Crippen LogP contribution in [0.2, 0.25) is 0 Å². The van der Waals surface area contributed by atoms with E-state index >= 15 is 0 Å². The molecule has 4 rings (SSSR count). The van der Waals surface area contributed by atoms with E-state index < -0.39 is 0 Å². The lowest BCUT2D eigenvalue weighted by Crippen LogP contribution is -3.15. The molecule has 0 radical (unpaired) electrons. The van der Waals surface area contributed by atoms with E-state index in [1.54, 1.807) is 16.2 Å². The van der Waals surface area contributed by atoms with Gasteiger partial charge in [-0.15, -0.1) is 11.3 Å². The number of amides is 1. The van der Waals surface area contributed by atoms with Gasteiger partial charge in [-0.05, 0) is 36.1 Å². The van der Waals surface area contributed by atoms with Crippen molar-refractivity contribution in [1.29, 1.82) is 0 Å². The molecule has 1 saturated carbocycles. The first-order chi connectivity index (χ1) is 10.3. The molecule has 3 aliphatic rings. The minimum atomic E-state index is 0.229. The SMILES string of the molecule is O=C(c1cccs1)N1CC[NH+](C[C@H]2C[C@H]3C=C[C@H]2C3)CC1. The first-order valence-electron chi connectivity index (χ1n) is 8.14. The van der Waals surface area contributed by atoms with Gasteiger partial charge in [0.2, 0.25) is 0 Å². The molecule has 2 fully saturated rings. The Morgan fingerprint density at radius 1 is 1.29 bits per heavy atom. The van der Waals surface area contributed by atoms with E-state index in [0.717, 1.165) is 48.8 Å². The van der Waals surface area contributed by atoms with Crippen molar-refractivity contribution in [3.8, 4) is 0 Å². The van der Waals surface area contributed by atoms with Crippen molar-refractivity contribution in [3.05, 3.63) is 34.5 Å². The molecule has 2 bridgehead atoms. The molecule has 3 nitrogen and oxygen atoms in total. The lowest BCUT2D eigenvalue weighted by Gasteiger charge is -2.34. The Hall–Kier alpha value is -1.13. The summed E-state index contributed by atoms with van der Waals surface area (Å²) in [5.74, 6) is 2.86. The lowest BCUT2D eigenvalue weighted by molar-refractivity contribution is -0.907. The molecule has 1 amide bonds. The summed E-state index contributed by atoms with van der Waals surface area (Å²) in [5, 5.41) is 1.98. The Morgan fingerprint density at radius 3 is 2.76 bits per heavy atom. The summed E-state index contributed by atoms with van der Waals surface area (Å²) in [5.41, 5.74) is 0. The van der Waals surface area contributed by atoms with Crippen LogP contribution in [0.1, 0.15) is 22.5 Å². The number of thiophene rings is 1. The number of nitrogens with zero attached hydrogens (tertiary/aromatic N) is 1. The van der Waals surface area contributed by atoms with Gasteiger partial charge >= 0.3 is 0 Å². The highest BCUT2D eigenvalue weighted by atomic mass is 32.1. The molecule has 21 heavy (non-hydrogen) atoms. The fraction of sp³-hybridized carbons (Fsp3) is 0.588. The maximum atomic E-state index is 12.3. The predicted molar refractivity (Wildman–Crippen MR) is 84.6 cm³/mol. The molecular formula is C17H23N2OS+. The first-order valence-corrected chi connectivity index (χ1v) is 9.02. The highest BCUT2D eigenvalue weighted by molar-refractivity contribution is 7.12. The summed E-state index contributed by atoms with van der Waals surface area (Å²) < 4.78 is 0. The molecule has 0 aromatic carbocycles. The van der Waals surface area contributed by atoms with Crippen LogP contribution in [0.3, 0.4) is 0 Å². The van der Waals surface area contributed by atoms with E-state index in [-0.39, 0.29) is 5.91 Å². The van der Waals surface area contributed by atoms with E-state index in [0.29, 0.717) is 0 Å². The van der Waals surface area contributed by atoms with Crippen molar-refractivity contribution in [2.45, 2.75) is 12.8 Å². The van der Waals surface area contributed by atoms with Gasteiger partial charge in [0.25, 0.3) is 5.91 Å². The molecule has 1 aliphatic heterocycles. The zero-order chi connectivity index (χ0) is 14.2. The maximum absolute atomic E-state index is 12.3. The fourth-order valence-electron chi connectivity index (χ4n) is 4.29. The first kappa shape index (κ1) is 13.5. The summed E-state index contributed by atoms with van der Waals surface area (Å²) in [6.45, 7) is 5.39.